The first kappa shape index (κ1) is 16.4. The lowest BCUT2D eigenvalue weighted by Gasteiger charge is -2.40. The molecule has 0 aromatic heterocycles. The van der Waals surface area contributed by atoms with Crippen molar-refractivity contribution in [3.8, 4) is 0 Å². The average Bonchev–Trinajstić information content (AvgIpc) is 3.04. The maximum absolute atomic E-state index is 11.4. The Morgan fingerprint density at radius 1 is 1.43 bits per heavy atom. The van der Waals surface area contributed by atoms with Gasteiger partial charge in [-0.15, -0.1) is 0 Å². The van der Waals surface area contributed by atoms with Crippen molar-refractivity contribution in [1.29, 1.82) is 0 Å². The van der Waals surface area contributed by atoms with Crippen LogP contribution in [0.25, 0.3) is 0 Å². The largest absolute Gasteiger partial charge is 0.381 e. The highest BCUT2D eigenvalue weighted by Gasteiger charge is 2.38. The van der Waals surface area contributed by atoms with Gasteiger partial charge in [0.1, 0.15) is 0 Å². The third-order valence-electron chi connectivity index (χ3n) is 5.18. The monoisotopic (exact) mass is 318 g/mol. The highest BCUT2D eigenvalue weighted by atomic mass is 16.5. The number of carbonyl (C=O) groups excluding carboxylic acids is 1. The third-order valence-corrected chi connectivity index (χ3v) is 5.18. The highest BCUT2D eigenvalue weighted by molar-refractivity contribution is 5.92. The number of nitrogens with zero attached hydrogens (tertiary/aromatic N) is 1. The smallest absolute Gasteiger partial charge is 0.248 e. The van der Waals surface area contributed by atoms with E-state index in [1.54, 1.807) is 6.07 Å². The molecule has 1 saturated carbocycles. The first-order chi connectivity index (χ1) is 11.2. The standard InChI is InChI=1S/C18H26N2O3/c1-22-17-7-3-6-15(17)16-12-23-9-8-20(16)11-13-4-2-5-14(10-13)18(19)21/h2,4-5,10,15-17H,3,6-9,11-12H2,1H3,(H2,19,21)/t15-,16+,17+/m0/s1. The lowest BCUT2D eigenvalue weighted by molar-refractivity contribution is -0.0608. The van der Waals surface area contributed by atoms with Crippen molar-refractivity contribution in [3.05, 3.63) is 35.4 Å². The van der Waals surface area contributed by atoms with Crippen molar-refractivity contribution in [2.75, 3.05) is 26.9 Å². The summed E-state index contributed by atoms with van der Waals surface area (Å²) in [6, 6.07) is 8.01. The van der Waals surface area contributed by atoms with Crippen molar-refractivity contribution in [2.45, 2.75) is 38.0 Å². The molecule has 3 rings (SSSR count). The van der Waals surface area contributed by atoms with Crippen LogP contribution in [0.3, 0.4) is 0 Å². The summed E-state index contributed by atoms with van der Waals surface area (Å²) < 4.78 is 11.4. The molecule has 1 heterocycles. The van der Waals surface area contributed by atoms with Gasteiger partial charge in [-0.1, -0.05) is 18.6 Å². The molecule has 0 unspecified atom stereocenters. The molecule has 0 radical (unpaired) electrons. The Bertz CT molecular complexity index is 549. The molecule has 1 amide bonds. The number of rotatable bonds is 5. The first-order valence-electron chi connectivity index (χ1n) is 8.42. The second kappa shape index (κ2) is 7.43. The molecule has 2 fully saturated rings. The maximum atomic E-state index is 11.4. The van der Waals surface area contributed by atoms with Gasteiger partial charge in [0.05, 0.1) is 19.3 Å². The summed E-state index contributed by atoms with van der Waals surface area (Å²) in [5, 5.41) is 0. The molecule has 5 heteroatoms. The predicted molar refractivity (Wildman–Crippen MR) is 88.1 cm³/mol. The van der Waals surface area contributed by atoms with Crippen molar-refractivity contribution < 1.29 is 14.3 Å². The van der Waals surface area contributed by atoms with Crippen molar-refractivity contribution in [1.82, 2.24) is 4.90 Å². The van der Waals surface area contributed by atoms with E-state index < -0.39 is 0 Å². The molecule has 2 N–H and O–H groups in total. The zero-order valence-corrected chi connectivity index (χ0v) is 13.7. The van der Waals surface area contributed by atoms with E-state index in [9.17, 15) is 4.79 Å². The van der Waals surface area contributed by atoms with Crippen LogP contribution in [0.5, 0.6) is 0 Å². The minimum absolute atomic E-state index is 0.334. The van der Waals surface area contributed by atoms with Crippen LogP contribution < -0.4 is 5.73 Å². The van der Waals surface area contributed by atoms with Gasteiger partial charge < -0.3 is 15.2 Å². The molecule has 1 aliphatic carbocycles. The molecule has 126 valence electrons. The van der Waals surface area contributed by atoms with Crippen LogP contribution in [0.1, 0.15) is 35.2 Å². The van der Waals surface area contributed by atoms with E-state index in [4.69, 9.17) is 15.2 Å². The molecule has 2 aliphatic rings. The molecule has 23 heavy (non-hydrogen) atoms. The molecule has 1 aromatic carbocycles. The number of hydrogen-bond donors (Lipinski definition) is 1. The van der Waals surface area contributed by atoms with Gasteiger partial charge in [-0.25, -0.2) is 0 Å². The zero-order chi connectivity index (χ0) is 16.2. The van der Waals surface area contributed by atoms with Crippen molar-refractivity contribution in [2.24, 2.45) is 11.7 Å². The Labute approximate surface area is 137 Å². The molecular formula is C18H26N2O3. The van der Waals surface area contributed by atoms with Crippen LogP contribution in [-0.2, 0) is 16.0 Å². The number of carbonyl (C=O) groups is 1. The van der Waals surface area contributed by atoms with Gasteiger partial charge in [0.2, 0.25) is 5.91 Å². The topological polar surface area (TPSA) is 64.8 Å². The van der Waals surface area contributed by atoms with Crippen LogP contribution in [0.15, 0.2) is 24.3 Å². The molecule has 1 saturated heterocycles. The van der Waals surface area contributed by atoms with Crippen LogP contribution in [0.4, 0.5) is 0 Å². The quantitative estimate of drug-likeness (QED) is 0.899. The predicted octanol–water partition coefficient (Wildman–Crippen LogP) is 1.80. The number of benzene rings is 1. The molecule has 0 bridgehead atoms. The number of ether oxygens (including phenoxy) is 2. The Morgan fingerprint density at radius 2 is 2.30 bits per heavy atom. The van der Waals surface area contributed by atoms with Crippen LogP contribution in [0.2, 0.25) is 0 Å². The van der Waals surface area contributed by atoms with Crippen molar-refractivity contribution >= 4 is 5.91 Å². The van der Waals surface area contributed by atoms with Crippen LogP contribution in [-0.4, -0.2) is 49.8 Å². The minimum Gasteiger partial charge on any atom is -0.381 e. The molecule has 1 aliphatic heterocycles. The van der Waals surface area contributed by atoms with Gasteiger partial charge in [-0.3, -0.25) is 9.69 Å². The Morgan fingerprint density at radius 3 is 3.09 bits per heavy atom. The molecule has 5 nitrogen and oxygen atoms in total. The SMILES string of the molecule is CO[C@@H]1CCC[C@H]1[C@H]1COCCN1Cc1cccc(C(N)=O)c1. The number of nitrogens with two attached hydrogens (primary N) is 1. The van der Waals surface area contributed by atoms with E-state index in [2.05, 4.69) is 11.0 Å². The fraction of sp³-hybridized carbons (Fsp3) is 0.611. The van der Waals surface area contributed by atoms with Crippen LogP contribution >= 0.6 is 0 Å². The number of amides is 1. The average molecular weight is 318 g/mol. The van der Waals surface area contributed by atoms with E-state index in [1.165, 1.54) is 12.8 Å². The van der Waals surface area contributed by atoms with Gasteiger partial charge in [-0.2, -0.15) is 0 Å². The molecule has 0 spiro atoms. The van der Waals surface area contributed by atoms with E-state index in [1.807, 2.05) is 19.2 Å². The van der Waals surface area contributed by atoms with Gasteiger partial charge in [0.25, 0.3) is 0 Å². The van der Waals surface area contributed by atoms with Crippen LogP contribution in [0, 0.1) is 5.92 Å². The summed E-state index contributed by atoms with van der Waals surface area (Å²) in [5.74, 6) is 0.153. The van der Waals surface area contributed by atoms with Gasteiger partial charge >= 0.3 is 0 Å². The number of morpholine rings is 1. The fourth-order valence-corrected chi connectivity index (χ4v) is 3.99. The Hall–Kier alpha value is -1.43. The molecule has 3 atom stereocenters. The summed E-state index contributed by atoms with van der Waals surface area (Å²) in [6.45, 7) is 3.26. The summed E-state index contributed by atoms with van der Waals surface area (Å²) in [5.41, 5.74) is 7.09. The fourth-order valence-electron chi connectivity index (χ4n) is 3.99. The normalized spacial score (nSPS) is 28.8. The lowest BCUT2D eigenvalue weighted by atomic mass is 9.93. The second-order valence-electron chi connectivity index (χ2n) is 6.55. The number of methoxy groups -OCH3 is 1. The van der Waals surface area contributed by atoms with E-state index in [0.29, 0.717) is 23.6 Å². The first-order valence-corrected chi connectivity index (χ1v) is 8.42. The molecule has 1 aromatic rings. The lowest BCUT2D eigenvalue weighted by Crippen LogP contribution is -2.50. The molecular weight excluding hydrogens is 292 g/mol. The number of primary amides is 1. The minimum atomic E-state index is -0.374. The Kier molecular flexibility index (Phi) is 5.30. The van der Waals surface area contributed by atoms with Gasteiger partial charge in [0.15, 0.2) is 0 Å². The number of hydrogen-bond acceptors (Lipinski definition) is 4. The zero-order valence-electron chi connectivity index (χ0n) is 13.7. The van der Waals surface area contributed by atoms with Gasteiger partial charge in [0, 0.05) is 37.7 Å². The second-order valence-corrected chi connectivity index (χ2v) is 6.55. The maximum Gasteiger partial charge on any atom is 0.248 e. The summed E-state index contributed by atoms with van der Waals surface area (Å²) >= 11 is 0. The van der Waals surface area contributed by atoms with Gasteiger partial charge in [-0.05, 0) is 30.5 Å². The summed E-state index contributed by atoms with van der Waals surface area (Å²) in [6.07, 6.45) is 3.90. The van der Waals surface area contributed by atoms with Crippen molar-refractivity contribution in [3.63, 3.8) is 0 Å². The van der Waals surface area contributed by atoms with E-state index >= 15 is 0 Å². The summed E-state index contributed by atoms with van der Waals surface area (Å²) in [4.78, 5) is 13.9. The summed E-state index contributed by atoms with van der Waals surface area (Å²) in [7, 11) is 1.81. The Balaban J connectivity index is 1.74. The van der Waals surface area contributed by atoms with E-state index in [-0.39, 0.29) is 5.91 Å². The van der Waals surface area contributed by atoms with E-state index in [0.717, 1.165) is 38.3 Å². The highest BCUT2D eigenvalue weighted by Crippen LogP contribution is 2.34. The third kappa shape index (κ3) is 3.74.